The van der Waals surface area contributed by atoms with Gasteiger partial charge in [0.1, 0.15) is 0 Å². The van der Waals surface area contributed by atoms with Crippen LogP contribution < -0.4 is 5.73 Å². The second-order valence-electron chi connectivity index (χ2n) is 5.15. The fraction of sp³-hybridized carbons (Fsp3) is 0.643. The highest BCUT2D eigenvalue weighted by atomic mass is 15.1. The van der Waals surface area contributed by atoms with E-state index < -0.39 is 0 Å². The highest BCUT2D eigenvalue weighted by Gasteiger charge is 2.11. The average molecular weight is 235 g/mol. The van der Waals surface area contributed by atoms with Crippen LogP contribution in [-0.2, 0) is 6.54 Å². The third kappa shape index (κ3) is 3.70. The molecule has 0 saturated heterocycles. The maximum absolute atomic E-state index is 6.04. The van der Waals surface area contributed by atoms with E-state index in [9.17, 15) is 0 Å². The summed E-state index contributed by atoms with van der Waals surface area (Å²) in [7, 11) is 0. The molecule has 17 heavy (non-hydrogen) atoms. The third-order valence-electron chi connectivity index (χ3n) is 3.12. The quantitative estimate of drug-likeness (QED) is 0.853. The molecule has 0 atom stereocenters. The molecule has 2 N–H and O–H groups in total. The summed E-state index contributed by atoms with van der Waals surface area (Å²) in [6, 6.07) is 0. The molecule has 0 saturated carbocycles. The molecule has 0 unspecified atom stereocenters. The van der Waals surface area contributed by atoms with Crippen molar-refractivity contribution in [2.75, 3.05) is 18.8 Å². The third-order valence-corrected chi connectivity index (χ3v) is 3.12. The first-order valence-electron chi connectivity index (χ1n) is 6.38. The van der Waals surface area contributed by atoms with Gasteiger partial charge in [0.2, 0.25) is 0 Å². The fourth-order valence-electron chi connectivity index (χ4n) is 1.99. The molecule has 0 fully saturated rings. The summed E-state index contributed by atoms with van der Waals surface area (Å²) < 4.78 is 0. The number of hydrogen-bond donors (Lipinski definition) is 1. The molecule has 0 radical (unpaired) electrons. The van der Waals surface area contributed by atoms with E-state index in [0.717, 1.165) is 42.1 Å². The van der Waals surface area contributed by atoms with Crippen LogP contribution in [0.4, 0.5) is 5.69 Å². The van der Waals surface area contributed by atoms with E-state index in [0.29, 0.717) is 5.92 Å². The summed E-state index contributed by atoms with van der Waals surface area (Å²) in [5, 5.41) is 0. The number of rotatable bonds is 5. The van der Waals surface area contributed by atoms with Crippen LogP contribution in [-0.4, -0.2) is 23.0 Å². The lowest BCUT2D eigenvalue weighted by molar-refractivity contribution is 0.245. The first-order chi connectivity index (χ1) is 7.95. The van der Waals surface area contributed by atoms with Gasteiger partial charge in [0.15, 0.2) is 0 Å². The minimum atomic E-state index is 0.679. The predicted octanol–water partition coefficient (Wildman–Crippen LogP) is 2.76. The number of anilines is 1. The largest absolute Gasteiger partial charge is 0.398 e. The van der Waals surface area contributed by atoms with Crippen molar-refractivity contribution in [3.8, 4) is 0 Å². The van der Waals surface area contributed by atoms with Crippen molar-refractivity contribution in [2.24, 2.45) is 5.92 Å². The minimum Gasteiger partial charge on any atom is -0.398 e. The van der Waals surface area contributed by atoms with Gasteiger partial charge in [0, 0.05) is 25.0 Å². The Balaban J connectivity index is 2.83. The van der Waals surface area contributed by atoms with Gasteiger partial charge in [-0.25, -0.2) is 0 Å². The van der Waals surface area contributed by atoms with Gasteiger partial charge >= 0.3 is 0 Å². The molecule has 3 heteroatoms. The highest BCUT2D eigenvalue weighted by molar-refractivity contribution is 5.53. The van der Waals surface area contributed by atoms with Gasteiger partial charge in [-0.2, -0.15) is 0 Å². The van der Waals surface area contributed by atoms with E-state index in [1.165, 1.54) is 0 Å². The summed E-state index contributed by atoms with van der Waals surface area (Å²) in [6.07, 6.45) is 1.88. The number of pyridine rings is 1. The van der Waals surface area contributed by atoms with Crippen molar-refractivity contribution < 1.29 is 0 Å². The maximum Gasteiger partial charge on any atom is 0.0593 e. The van der Waals surface area contributed by atoms with Crippen LogP contribution in [0.5, 0.6) is 0 Å². The Kier molecular flexibility index (Phi) is 4.94. The van der Waals surface area contributed by atoms with Crippen molar-refractivity contribution >= 4 is 5.69 Å². The zero-order valence-electron chi connectivity index (χ0n) is 11.7. The molecule has 3 nitrogen and oxygen atoms in total. The Morgan fingerprint density at radius 3 is 2.53 bits per heavy atom. The Hall–Kier alpha value is -1.09. The number of nitrogens with two attached hydrogens (primary N) is 1. The van der Waals surface area contributed by atoms with Crippen LogP contribution in [0.25, 0.3) is 0 Å². The Morgan fingerprint density at radius 1 is 1.35 bits per heavy atom. The van der Waals surface area contributed by atoms with Crippen molar-refractivity contribution in [2.45, 2.75) is 41.2 Å². The van der Waals surface area contributed by atoms with Crippen LogP contribution in [0.3, 0.4) is 0 Å². The summed E-state index contributed by atoms with van der Waals surface area (Å²) in [6.45, 7) is 13.8. The monoisotopic (exact) mass is 235 g/mol. The Bertz CT molecular complexity index is 372. The lowest BCUT2D eigenvalue weighted by atomic mass is 10.1. The molecule has 0 bridgehead atoms. The fourth-order valence-corrected chi connectivity index (χ4v) is 1.99. The number of aryl methyl sites for hydroxylation is 1. The first-order valence-corrected chi connectivity index (χ1v) is 6.38. The van der Waals surface area contributed by atoms with Crippen molar-refractivity contribution in [1.29, 1.82) is 0 Å². The molecule has 96 valence electrons. The van der Waals surface area contributed by atoms with E-state index in [4.69, 9.17) is 5.73 Å². The van der Waals surface area contributed by atoms with Crippen LogP contribution >= 0.6 is 0 Å². The molecular formula is C14H25N3. The molecule has 1 aromatic heterocycles. The van der Waals surface area contributed by atoms with Gasteiger partial charge in [0.25, 0.3) is 0 Å². The van der Waals surface area contributed by atoms with Crippen molar-refractivity contribution in [3.05, 3.63) is 23.0 Å². The Morgan fingerprint density at radius 2 is 2.00 bits per heavy atom. The van der Waals surface area contributed by atoms with E-state index >= 15 is 0 Å². The van der Waals surface area contributed by atoms with E-state index in [1.54, 1.807) is 0 Å². The van der Waals surface area contributed by atoms with E-state index in [1.807, 2.05) is 13.1 Å². The lowest BCUT2D eigenvalue weighted by Crippen LogP contribution is -2.28. The SMILES string of the molecule is CCN(Cc1ncc(C)c(N)c1C)CC(C)C. The van der Waals surface area contributed by atoms with Crippen LogP contribution in [0, 0.1) is 19.8 Å². The highest BCUT2D eigenvalue weighted by Crippen LogP contribution is 2.19. The number of hydrogen-bond acceptors (Lipinski definition) is 3. The molecule has 0 aliphatic rings. The predicted molar refractivity (Wildman–Crippen MR) is 73.9 cm³/mol. The molecule has 1 rings (SSSR count). The Labute approximate surface area is 105 Å². The van der Waals surface area contributed by atoms with Crippen LogP contribution in [0.1, 0.15) is 37.6 Å². The van der Waals surface area contributed by atoms with Crippen molar-refractivity contribution in [3.63, 3.8) is 0 Å². The second kappa shape index (κ2) is 6.01. The summed E-state index contributed by atoms with van der Waals surface area (Å²) in [4.78, 5) is 6.92. The van der Waals surface area contributed by atoms with Crippen LogP contribution in [0.15, 0.2) is 6.20 Å². The number of aromatic nitrogens is 1. The standard InChI is InChI=1S/C14H25N3/c1-6-17(8-10(2)3)9-13-12(5)14(15)11(4)7-16-13/h7,10H,6,8-9H2,1-5H3,(H2,15,16). The molecule has 0 aromatic carbocycles. The minimum absolute atomic E-state index is 0.679. The lowest BCUT2D eigenvalue weighted by Gasteiger charge is -2.23. The normalized spacial score (nSPS) is 11.5. The molecule has 1 aromatic rings. The van der Waals surface area contributed by atoms with Crippen molar-refractivity contribution in [1.82, 2.24) is 9.88 Å². The van der Waals surface area contributed by atoms with Gasteiger partial charge in [-0.15, -0.1) is 0 Å². The average Bonchev–Trinajstić information content (AvgIpc) is 2.28. The van der Waals surface area contributed by atoms with Gasteiger partial charge in [-0.05, 0) is 37.4 Å². The van der Waals surface area contributed by atoms with Crippen LogP contribution in [0.2, 0.25) is 0 Å². The topological polar surface area (TPSA) is 42.2 Å². The van der Waals surface area contributed by atoms with Gasteiger partial charge in [-0.3, -0.25) is 9.88 Å². The van der Waals surface area contributed by atoms with Gasteiger partial charge in [-0.1, -0.05) is 20.8 Å². The molecule has 0 spiro atoms. The van der Waals surface area contributed by atoms with E-state index in [-0.39, 0.29) is 0 Å². The second-order valence-corrected chi connectivity index (χ2v) is 5.15. The van der Waals surface area contributed by atoms with Gasteiger partial charge < -0.3 is 5.73 Å². The molecule has 0 amide bonds. The summed E-state index contributed by atoms with van der Waals surface area (Å²) in [5.41, 5.74) is 10.2. The zero-order chi connectivity index (χ0) is 13.0. The molecular weight excluding hydrogens is 210 g/mol. The van der Waals surface area contributed by atoms with E-state index in [2.05, 4.69) is 37.6 Å². The molecule has 1 heterocycles. The maximum atomic E-state index is 6.04. The summed E-state index contributed by atoms with van der Waals surface area (Å²) >= 11 is 0. The molecule has 0 aliphatic carbocycles. The first kappa shape index (κ1) is 14.0. The smallest absolute Gasteiger partial charge is 0.0593 e. The zero-order valence-corrected chi connectivity index (χ0v) is 11.7. The number of nitrogens with zero attached hydrogens (tertiary/aromatic N) is 2. The summed E-state index contributed by atoms with van der Waals surface area (Å²) in [5.74, 6) is 0.679. The number of nitrogen functional groups attached to an aromatic ring is 1. The molecule has 0 aliphatic heterocycles. The van der Waals surface area contributed by atoms with Gasteiger partial charge in [0.05, 0.1) is 5.69 Å².